The van der Waals surface area contributed by atoms with Gasteiger partial charge in [-0.2, -0.15) is 0 Å². The highest BCUT2D eigenvalue weighted by Gasteiger charge is 2.34. The Kier molecular flexibility index (Phi) is 9.78. The van der Waals surface area contributed by atoms with E-state index in [1.54, 1.807) is 24.0 Å². The van der Waals surface area contributed by atoms with Crippen LogP contribution in [0.25, 0.3) is 0 Å². The highest BCUT2D eigenvalue weighted by atomic mass is 19.4. The molecule has 2 atom stereocenters. The van der Waals surface area contributed by atoms with Crippen molar-refractivity contribution in [3.05, 3.63) is 24.3 Å². The van der Waals surface area contributed by atoms with Crippen LogP contribution in [0.15, 0.2) is 24.3 Å². The molecule has 1 saturated heterocycles. The number of hydrogen-bond acceptors (Lipinski definition) is 6. The van der Waals surface area contributed by atoms with Gasteiger partial charge < -0.3 is 30.1 Å². The minimum atomic E-state index is -4.78. The second-order valence-corrected chi connectivity index (χ2v) is 8.00. The van der Waals surface area contributed by atoms with Crippen LogP contribution in [-0.2, 0) is 9.59 Å². The summed E-state index contributed by atoms with van der Waals surface area (Å²) in [6.07, 6.45) is -6.63. The van der Waals surface area contributed by atoms with Gasteiger partial charge in [0.25, 0.3) is 11.8 Å². The number of nitrogens with zero attached hydrogens (tertiary/aromatic N) is 2. The quantitative estimate of drug-likeness (QED) is 0.478. The number of para-hydroxylation sites is 2. The van der Waals surface area contributed by atoms with Gasteiger partial charge in [-0.25, -0.2) is 0 Å². The van der Waals surface area contributed by atoms with Gasteiger partial charge in [-0.1, -0.05) is 19.1 Å². The fourth-order valence-corrected chi connectivity index (χ4v) is 3.82. The Hall–Kier alpha value is -2.53. The number of ether oxygens (including phenoxy) is 1. The summed E-state index contributed by atoms with van der Waals surface area (Å²) in [5, 5.41) is 22.7. The van der Waals surface area contributed by atoms with Crippen molar-refractivity contribution >= 4 is 17.5 Å². The third kappa shape index (κ3) is 7.78. The molecule has 11 heteroatoms. The Balaban J connectivity index is 1.85. The zero-order valence-electron chi connectivity index (χ0n) is 18.8. The molecule has 1 aromatic rings. The number of carbonyl (C=O) groups is 2. The molecule has 1 fully saturated rings. The van der Waals surface area contributed by atoms with Gasteiger partial charge in [0.15, 0.2) is 18.0 Å². The predicted molar refractivity (Wildman–Crippen MR) is 116 cm³/mol. The molecule has 0 unspecified atom stereocenters. The number of aliphatic hydroxyl groups is 2. The first-order valence-corrected chi connectivity index (χ1v) is 11.1. The number of rotatable bonds is 10. The van der Waals surface area contributed by atoms with Gasteiger partial charge in [-0.15, -0.1) is 13.2 Å². The lowest BCUT2D eigenvalue weighted by Crippen LogP contribution is -2.51. The maximum atomic E-state index is 12.7. The molecule has 1 aliphatic heterocycles. The van der Waals surface area contributed by atoms with Gasteiger partial charge in [0.2, 0.25) is 0 Å². The van der Waals surface area contributed by atoms with Crippen molar-refractivity contribution < 1.29 is 37.7 Å². The number of benzene rings is 1. The predicted octanol–water partition coefficient (Wildman–Crippen LogP) is 1.90. The lowest BCUT2D eigenvalue weighted by atomic mass is 9.96. The summed E-state index contributed by atoms with van der Waals surface area (Å²) >= 11 is 0. The Labute approximate surface area is 191 Å². The number of alkyl halides is 3. The second-order valence-electron chi connectivity index (χ2n) is 8.00. The average Bonchev–Trinajstić information content (AvgIpc) is 2.79. The van der Waals surface area contributed by atoms with Gasteiger partial charge >= 0.3 is 6.36 Å². The van der Waals surface area contributed by atoms with E-state index in [-0.39, 0.29) is 18.2 Å². The summed E-state index contributed by atoms with van der Waals surface area (Å²) in [6.45, 7) is 5.53. The normalized spacial score (nSPS) is 16.8. The minimum Gasteiger partial charge on any atom is -0.404 e. The van der Waals surface area contributed by atoms with Gasteiger partial charge in [0.1, 0.15) is 0 Å². The van der Waals surface area contributed by atoms with Crippen LogP contribution in [0.5, 0.6) is 5.75 Å². The zero-order valence-corrected chi connectivity index (χ0v) is 18.8. The lowest BCUT2D eigenvalue weighted by Gasteiger charge is -2.34. The van der Waals surface area contributed by atoms with E-state index in [9.17, 15) is 33.0 Å². The molecule has 186 valence electrons. The van der Waals surface area contributed by atoms with Crippen LogP contribution in [0.2, 0.25) is 0 Å². The fraction of sp³-hybridized carbons (Fsp3) is 0.636. The summed E-state index contributed by atoms with van der Waals surface area (Å²) < 4.78 is 42.1. The summed E-state index contributed by atoms with van der Waals surface area (Å²) in [7, 11) is 0. The third-order valence-corrected chi connectivity index (χ3v) is 5.62. The fourth-order valence-electron chi connectivity index (χ4n) is 3.82. The van der Waals surface area contributed by atoms with E-state index in [1.165, 1.54) is 17.0 Å². The summed E-state index contributed by atoms with van der Waals surface area (Å²) in [6, 6.07) is 5.94. The molecule has 8 nitrogen and oxygen atoms in total. The second kappa shape index (κ2) is 12.1. The summed E-state index contributed by atoms with van der Waals surface area (Å²) in [5.74, 6) is -1.76. The van der Waals surface area contributed by atoms with Crippen molar-refractivity contribution in [3.8, 4) is 5.75 Å². The number of anilines is 1. The first kappa shape index (κ1) is 26.7. The maximum absolute atomic E-state index is 12.7. The number of amides is 2. The molecule has 1 heterocycles. The molecule has 0 spiro atoms. The zero-order chi connectivity index (χ0) is 24.6. The first-order chi connectivity index (χ1) is 15.6. The van der Waals surface area contributed by atoms with E-state index in [4.69, 9.17) is 0 Å². The standard InChI is InChI=1S/C22H32F3N3O5/c1-3-11-27(4-2)21(32)19(30)18(29)20(31)26-14-15-9-12-28(13-10-15)16-7-5-6-8-17(16)33-22(23,24)25/h5-8,15,18-19,29-30H,3-4,9-14H2,1-2H3,(H,26,31)/t18-,19-/m1/s1. The monoisotopic (exact) mass is 475 g/mol. The van der Waals surface area contributed by atoms with Gasteiger partial charge in [0.05, 0.1) is 5.69 Å². The van der Waals surface area contributed by atoms with Crippen molar-refractivity contribution in [2.45, 2.75) is 51.7 Å². The Morgan fingerprint density at radius 3 is 2.39 bits per heavy atom. The van der Waals surface area contributed by atoms with E-state index in [0.29, 0.717) is 51.1 Å². The number of nitrogens with one attached hydrogen (secondary N) is 1. The number of hydrogen-bond donors (Lipinski definition) is 3. The minimum absolute atomic E-state index is 0.0353. The smallest absolute Gasteiger partial charge is 0.404 e. The molecule has 0 saturated carbocycles. The van der Waals surface area contributed by atoms with Crippen LogP contribution in [0, 0.1) is 5.92 Å². The highest BCUT2D eigenvalue weighted by molar-refractivity contribution is 5.90. The molecule has 2 rings (SSSR count). The molecule has 2 amide bonds. The van der Waals surface area contributed by atoms with E-state index >= 15 is 0 Å². The van der Waals surface area contributed by atoms with Gasteiger partial charge in [-0.3, -0.25) is 9.59 Å². The Morgan fingerprint density at radius 2 is 1.82 bits per heavy atom. The number of likely N-dealkylation sites (N-methyl/N-ethyl adjacent to an activating group) is 1. The number of aliphatic hydroxyl groups excluding tert-OH is 2. The number of piperidine rings is 1. The van der Waals surface area contributed by atoms with E-state index in [2.05, 4.69) is 10.1 Å². The summed E-state index contributed by atoms with van der Waals surface area (Å²) in [5.41, 5.74) is 0.349. The molecule has 0 radical (unpaired) electrons. The summed E-state index contributed by atoms with van der Waals surface area (Å²) in [4.78, 5) is 27.7. The van der Waals surface area contributed by atoms with E-state index in [1.807, 2.05) is 6.92 Å². The van der Waals surface area contributed by atoms with Gasteiger partial charge in [0, 0.05) is 32.7 Å². The van der Waals surface area contributed by atoms with Crippen molar-refractivity contribution in [1.29, 1.82) is 0 Å². The third-order valence-electron chi connectivity index (χ3n) is 5.62. The van der Waals surface area contributed by atoms with Crippen LogP contribution in [0.4, 0.5) is 18.9 Å². The van der Waals surface area contributed by atoms with Crippen LogP contribution in [0.3, 0.4) is 0 Å². The van der Waals surface area contributed by atoms with Crippen LogP contribution < -0.4 is 15.0 Å². The molecular formula is C22H32F3N3O5. The SMILES string of the molecule is CCCN(CC)C(=O)[C@H](O)[C@@H](O)C(=O)NCC1CCN(c2ccccc2OC(F)(F)F)CC1. The van der Waals surface area contributed by atoms with Crippen molar-refractivity contribution in [1.82, 2.24) is 10.2 Å². The van der Waals surface area contributed by atoms with E-state index in [0.717, 1.165) is 0 Å². The highest BCUT2D eigenvalue weighted by Crippen LogP contribution is 2.34. The van der Waals surface area contributed by atoms with Gasteiger partial charge in [-0.05, 0) is 44.2 Å². The molecular weight excluding hydrogens is 443 g/mol. The molecule has 3 N–H and O–H groups in total. The average molecular weight is 476 g/mol. The van der Waals surface area contributed by atoms with Crippen molar-refractivity contribution in [2.24, 2.45) is 5.92 Å². The number of carbonyl (C=O) groups excluding carboxylic acids is 2. The topological polar surface area (TPSA) is 102 Å². The van der Waals surface area contributed by atoms with Crippen LogP contribution in [0.1, 0.15) is 33.1 Å². The molecule has 1 aliphatic rings. The van der Waals surface area contributed by atoms with E-state index < -0.39 is 30.4 Å². The molecule has 0 bridgehead atoms. The Bertz CT molecular complexity index is 785. The molecule has 33 heavy (non-hydrogen) atoms. The lowest BCUT2D eigenvalue weighted by molar-refractivity contribution is -0.274. The van der Waals surface area contributed by atoms with Crippen molar-refractivity contribution in [2.75, 3.05) is 37.6 Å². The molecule has 0 aromatic heterocycles. The first-order valence-electron chi connectivity index (χ1n) is 11.1. The van der Waals surface area contributed by atoms with Crippen LogP contribution >= 0.6 is 0 Å². The molecule has 1 aromatic carbocycles. The van der Waals surface area contributed by atoms with Crippen LogP contribution in [-0.4, -0.2) is 78.2 Å². The largest absolute Gasteiger partial charge is 0.573 e. The maximum Gasteiger partial charge on any atom is 0.573 e. The molecule has 0 aliphatic carbocycles. The Morgan fingerprint density at radius 1 is 1.18 bits per heavy atom. The number of halogens is 3. The van der Waals surface area contributed by atoms with Crippen molar-refractivity contribution in [3.63, 3.8) is 0 Å².